The molecule has 1 heterocycles. The van der Waals surface area contributed by atoms with Crippen molar-refractivity contribution in [3.05, 3.63) is 42.1 Å². The van der Waals surface area contributed by atoms with Gasteiger partial charge in [-0.1, -0.05) is 18.2 Å². The highest BCUT2D eigenvalue weighted by atomic mass is 16.2. The molecule has 0 spiro atoms. The number of rotatable bonds is 5. The number of nitrogens with one attached hydrogen (secondary N) is 2. The standard InChI is InChI=1S/C14H17N5O2/c1-10-9-12(17-13(20)7-8-16-14(15)21)18-19(10)11-5-3-2-4-6-11/h2-6,9H,7-8H2,1H3,(H3,15,16,21)(H,17,18,20). The third-order valence-electron chi connectivity index (χ3n) is 2.81. The number of para-hydroxylation sites is 1. The zero-order valence-electron chi connectivity index (χ0n) is 11.7. The van der Waals surface area contributed by atoms with Crippen molar-refractivity contribution in [2.45, 2.75) is 13.3 Å². The number of anilines is 1. The number of primary amides is 1. The van der Waals surface area contributed by atoms with Crippen LogP contribution in [0.5, 0.6) is 0 Å². The number of hydrogen-bond acceptors (Lipinski definition) is 3. The van der Waals surface area contributed by atoms with Crippen LogP contribution in [-0.4, -0.2) is 28.3 Å². The molecule has 2 rings (SSSR count). The maximum Gasteiger partial charge on any atom is 0.312 e. The highest BCUT2D eigenvalue weighted by Crippen LogP contribution is 2.14. The minimum Gasteiger partial charge on any atom is -0.352 e. The highest BCUT2D eigenvalue weighted by molar-refractivity contribution is 5.90. The highest BCUT2D eigenvalue weighted by Gasteiger charge is 2.09. The fourth-order valence-corrected chi connectivity index (χ4v) is 1.87. The average molecular weight is 287 g/mol. The minimum atomic E-state index is -0.646. The summed E-state index contributed by atoms with van der Waals surface area (Å²) in [6, 6.07) is 10.8. The summed E-state index contributed by atoms with van der Waals surface area (Å²) in [5, 5.41) is 9.38. The van der Waals surface area contributed by atoms with Crippen LogP contribution in [-0.2, 0) is 4.79 Å². The number of hydrogen-bond donors (Lipinski definition) is 3. The molecule has 1 aromatic carbocycles. The maximum atomic E-state index is 11.7. The van der Waals surface area contributed by atoms with Gasteiger partial charge in [-0.05, 0) is 19.1 Å². The molecule has 0 aliphatic heterocycles. The molecule has 1 aromatic heterocycles. The summed E-state index contributed by atoms with van der Waals surface area (Å²) in [6.45, 7) is 2.10. The molecule has 7 nitrogen and oxygen atoms in total. The van der Waals surface area contributed by atoms with Crippen LogP contribution < -0.4 is 16.4 Å². The van der Waals surface area contributed by atoms with Crippen molar-refractivity contribution in [2.24, 2.45) is 5.73 Å². The molecule has 0 radical (unpaired) electrons. The molecule has 0 saturated heterocycles. The Kier molecular flexibility index (Phi) is 4.55. The van der Waals surface area contributed by atoms with E-state index in [4.69, 9.17) is 5.73 Å². The Balaban J connectivity index is 1.99. The Morgan fingerprint density at radius 2 is 2.00 bits per heavy atom. The number of nitrogens with zero attached hydrogens (tertiary/aromatic N) is 2. The Morgan fingerprint density at radius 3 is 2.67 bits per heavy atom. The predicted molar refractivity (Wildman–Crippen MR) is 79.1 cm³/mol. The SMILES string of the molecule is Cc1cc(NC(=O)CCNC(N)=O)nn1-c1ccccc1. The molecular weight excluding hydrogens is 270 g/mol. The van der Waals surface area contributed by atoms with E-state index in [1.165, 1.54) is 0 Å². The van der Waals surface area contributed by atoms with E-state index >= 15 is 0 Å². The van der Waals surface area contributed by atoms with Crippen molar-refractivity contribution in [1.29, 1.82) is 0 Å². The molecule has 0 unspecified atom stereocenters. The maximum absolute atomic E-state index is 11.7. The zero-order chi connectivity index (χ0) is 15.2. The van der Waals surface area contributed by atoms with E-state index in [9.17, 15) is 9.59 Å². The lowest BCUT2D eigenvalue weighted by atomic mass is 10.3. The third-order valence-corrected chi connectivity index (χ3v) is 2.81. The van der Waals surface area contributed by atoms with E-state index in [0.717, 1.165) is 11.4 Å². The Labute approximate surface area is 122 Å². The number of nitrogens with two attached hydrogens (primary N) is 1. The topological polar surface area (TPSA) is 102 Å². The van der Waals surface area contributed by atoms with Gasteiger partial charge in [-0.3, -0.25) is 4.79 Å². The average Bonchev–Trinajstić information content (AvgIpc) is 2.80. The van der Waals surface area contributed by atoms with Crippen molar-refractivity contribution in [2.75, 3.05) is 11.9 Å². The molecule has 110 valence electrons. The molecule has 0 saturated carbocycles. The van der Waals surface area contributed by atoms with Gasteiger partial charge in [-0.2, -0.15) is 0 Å². The van der Waals surface area contributed by atoms with Gasteiger partial charge in [0.05, 0.1) is 5.69 Å². The largest absolute Gasteiger partial charge is 0.352 e. The number of carbonyl (C=O) groups excluding carboxylic acids is 2. The summed E-state index contributed by atoms with van der Waals surface area (Å²) in [5.41, 5.74) is 6.75. The van der Waals surface area contributed by atoms with Crippen LogP contribution in [0.15, 0.2) is 36.4 Å². The molecule has 0 aliphatic carbocycles. The van der Waals surface area contributed by atoms with Crippen LogP contribution in [0.25, 0.3) is 5.69 Å². The number of aryl methyl sites for hydroxylation is 1. The first kappa shape index (κ1) is 14.6. The van der Waals surface area contributed by atoms with Crippen molar-refractivity contribution < 1.29 is 9.59 Å². The Bertz CT molecular complexity index is 636. The molecule has 0 bridgehead atoms. The molecular formula is C14H17N5O2. The Morgan fingerprint density at radius 1 is 1.29 bits per heavy atom. The van der Waals surface area contributed by atoms with Gasteiger partial charge in [-0.15, -0.1) is 5.10 Å². The summed E-state index contributed by atoms with van der Waals surface area (Å²) in [6.07, 6.45) is 0.139. The summed E-state index contributed by atoms with van der Waals surface area (Å²) in [7, 11) is 0. The normalized spacial score (nSPS) is 10.1. The molecule has 2 aromatic rings. The molecule has 0 fully saturated rings. The second-order valence-electron chi connectivity index (χ2n) is 4.51. The lowest BCUT2D eigenvalue weighted by Crippen LogP contribution is -2.32. The lowest BCUT2D eigenvalue weighted by molar-refractivity contribution is -0.116. The fraction of sp³-hybridized carbons (Fsp3) is 0.214. The van der Waals surface area contributed by atoms with E-state index in [1.54, 1.807) is 10.7 Å². The number of amides is 3. The smallest absolute Gasteiger partial charge is 0.312 e. The van der Waals surface area contributed by atoms with Crippen molar-refractivity contribution >= 4 is 17.8 Å². The van der Waals surface area contributed by atoms with E-state index in [1.807, 2.05) is 37.3 Å². The van der Waals surface area contributed by atoms with Crippen molar-refractivity contribution in [3.63, 3.8) is 0 Å². The lowest BCUT2D eigenvalue weighted by Gasteiger charge is -2.04. The van der Waals surface area contributed by atoms with E-state index in [2.05, 4.69) is 15.7 Å². The van der Waals surface area contributed by atoms with E-state index < -0.39 is 6.03 Å². The quantitative estimate of drug-likeness (QED) is 0.769. The monoisotopic (exact) mass is 287 g/mol. The van der Waals surface area contributed by atoms with E-state index in [-0.39, 0.29) is 18.9 Å². The number of aromatic nitrogens is 2. The first-order valence-corrected chi connectivity index (χ1v) is 6.51. The first-order valence-electron chi connectivity index (χ1n) is 6.51. The second kappa shape index (κ2) is 6.56. The van der Waals surface area contributed by atoms with Crippen molar-refractivity contribution in [3.8, 4) is 5.69 Å². The van der Waals surface area contributed by atoms with Crippen molar-refractivity contribution in [1.82, 2.24) is 15.1 Å². The second-order valence-corrected chi connectivity index (χ2v) is 4.51. The van der Waals surface area contributed by atoms with Gasteiger partial charge in [0.25, 0.3) is 0 Å². The summed E-state index contributed by atoms with van der Waals surface area (Å²) in [4.78, 5) is 22.2. The fourth-order valence-electron chi connectivity index (χ4n) is 1.87. The molecule has 0 aliphatic rings. The third kappa shape index (κ3) is 4.07. The van der Waals surface area contributed by atoms with Gasteiger partial charge in [0.1, 0.15) is 0 Å². The number of urea groups is 1. The molecule has 0 atom stereocenters. The van der Waals surface area contributed by atoms with Crippen LogP contribution in [0.1, 0.15) is 12.1 Å². The van der Waals surface area contributed by atoms with Gasteiger partial charge in [0.15, 0.2) is 5.82 Å². The minimum absolute atomic E-state index is 0.139. The first-order chi connectivity index (χ1) is 10.1. The molecule has 3 amide bonds. The van der Waals surface area contributed by atoms with Crippen LogP contribution in [0.2, 0.25) is 0 Å². The van der Waals surface area contributed by atoms with Crippen LogP contribution in [0.3, 0.4) is 0 Å². The van der Waals surface area contributed by atoms with Crippen LogP contribution >= 0.6 is 0 Å². The van der Waals surface area contributed by atoms with Crippen LogP contribution in [0, 0.1) is 6.92 Å². The summed E-state index contributed by atoms with van der Waals surface area (Å²) >= 11 is 0. The summed E-state index contributed by atoms with van der Waals surface area (Å²) in [5.74, 6) is 0.238. The van der Waals surface area contributed by atoms with Crippen LogP contribution in [0.4, 0.5) is 10.6 Å². The molecule has 21 heavy (non-hydrogen) atoms. The molecule has 7 heteroatoms. The van der Waals surface area contributed by atoms with Gasteiger partial charge >= 0.3 is 6.03 Å². The van der Waals surface area contributed by atoms with E-state index in [0.29, 0.717) is 5.82 Å². The van der Waals surface area contributed by atoms with Gasteiger partial charge in [-0.25, -0.2) is 9.48 Å². The predicted octanol–water partition coefficient (Wildman–Crippen LogP) is 1.18. The van der Waals surface area contributed by atoms with Gasteiger partial charge < -0.3 is 16.4 Å². The summed E-state index contributed by atoms with van der Waals surface area (Å²) < 4.78 is 1.75. The van der Waals surface area contributed by atoms with Gasteiger partial charge in [0, 0.05) is 24.7 Å². The zero-order valence-corrected chi connectivity index (χ0v) is 11.7. The number of benzene rings is 1. The Hall–Kier alpha value is -2.83. The molecule has 4 N–H and O–H groups in total. The van der Waals surface area contributed by atoms with Gasteiger partial charge in [0.2, 0.25) is 5.91 Å². The number of carbonyl (C=O) groups is 2.